The second-order valence-corrected chi connectivity index (χ2v) is 6.52. The molecular formula is C14H23N3. The van der Waals surface area contributed by atoms with Gasteiger partial charge in [0.15, 0.2) is 0 Å². The molecule has 0 bridgehead atoms. The molecule has 1 unspecified atom stereocenters. The topological polar surface area (TPSA) is 29.9 Å². The molecule has 3 heteroatoms. The zero-order valence-corrected chi connectivity index (χ0v) is 11.4. The lowest BCUT2D eigenvalue weighted by molar-refractivity contribution is 0.497. The maximum atomic E-state index is 4.88. The molecule has 1 aliphatic carbocycles. The van der Waals surface area contributed by atoms with Crippen LogP contribution in [0.2, 0.25) is 0 Å². The van der Waals surface area contributed by atoms with E-state index < -0.39 is 0 Å². The number of fused-ring (bicyclic) bond motifs is 1. The highest BCUT2D eigenvalue weighted by Crippen LogP contribution is 2.57. The molecule has 1 aromatic heterocycles. The van der Waals surface area contributed by atoms with Crippen molar-refractivity contribution in [3.05, 3.63) is 17.2 Å². The second-order valence-electron chi connectivity index (χ2n) is 6.52. The van der Waals surface area contributed by atoms with E-state index >= 15 is 0 Å². The summed E-state index contributed by atoms with van der Waals surface area (Å²) in [7, 11) is 0. The van der Waals surface area contributed by atoms with Gasteiger partial charge in [-0.3, -0.25) is 0 Å². The minimum absolute atomic E-state index is 0.475. The molecule has 0 radical (unpaired) electrons. The van der Waals surface area contributed by atoms with Crippen molar-refractivity contribution in [1.29, 1.82) is 0 Å². The fourth-order valence-corrected chi connectivity index (χ4v) is 2.99. The second kappa shape index (κ2) is 3.58. The highest BCUT2D eigenvalue weighted by molar-refractivity contribution is 5.25. The van der Waals surface area contributed by atoms with Crippen LogP contribution in [0.5, 0.6) is 0 Å². The van der Waals surface area contributed by atoms with E-state index in [0.717, 1.165) is 19.5 Å². The Kier molecular flexibility index (Phi) is 2.37. The van der Waals surface area contributed by atoms with Crippen molar-refractivity contribution < 1.29 is 0 Å². The van der Waals surface area contributed by atoms with E-state index in [1.807, 2.05) is 0 Å². The number of aromatic nitrogens is 2. The smallest absolute Gasteiger partial charge is 0.112 e. The molecule has 17 heavy (non-hydrogen) atoms. The van der Waals surface area contributed by atoms with E-state index in [0.29, 0.717) is 17.4 Å². The van der Waals surface area contributed by atoms with Gasteiger partial charge in [0, 0.05) is 37.2 Å². The van der Waals surface area contributed by atoms with Crippen LogP contribution in [0.4, 0.5) is 0 Å². The lowest BCUT2D eigenvalue weighted by Gasteiger charge is -2.18. The predicted molar refractivity (Wildman–Crippen MR) is 69.2 cm³/mol. The predicted octanol–water partition coefficient (Wildman–Crippen LogP) is 2.62. The minimum Gasteiger partial charge on any atom is -0.328 e. The van der Waals surface area contributed by atoms with Gasteiger partial charge in [-0.05, 0) is 11.8 Å². The molecule has 1 atom stereocenters. The zero-order valence-electron chi connectivity index (χ0n) is 11.4. The highest BCUT2D eigenvalue weighted by atomic mass is 15.2. The van der Waals surface area contributed by atoms with Gasteiger partial charge in [0.2, 0.25) is 0 Å². The maximum Gasteiger partial charge on any atom is 0.112 e. The van der Waals surface area contributed by atoms with Crippen molar-refractivity contribution in [2.45, 2.75) is 59.0 Å². The summed E-state index contributed by atoms with van der Waals surface area (Å²) in [6.45, 7) is 11.3. The summed E-state index contributed by atoms with van der Waals surface area (Å²) in [4.78, 5) is 4.88. The van der Waals surface area contributed by atoms with Gasteiger partial charge in [0.25, 0.3) is 0 Å². The van der Waals surface area contributed by atoms with Crippen molar-refractivity contribution in [2.24, 2.45) is 5.41 Å². The van der Waals surface area contributed by atoms with Crippen LogP contribution in [0.1, 0.15) is 63.3 Å². The molecule has 1 N–H and O–H groups in total. The summed E-state index contributed by atoms with van der Waals surface area (Å²) in [5.74, 6) is 1.83. The third-order valence-electron chi connectivity index (χ3n) is 4.24. The zero-order chi connectivity index (χ0) is 12.2. The van der Waals surface area contributed by atoms with Crippen LogP contribution in [-0.2, 0) is 13.0 Å². The van der Waals surface area contributed by atoms with Crippen molar-refractivity contribution in [3.8, 4) is 0 Å². The molecule has 0 amide bonds. The van der Waals surface area contributed by atoms with E-state index in [1.165, 1.54) is 23.6 Å². The van der Waals surface area contributed by atoms with E-state index in [4.69, 9.17) is 4.98 Å². The van der Waals surface area contributed by atoms with E-state index in [2.05, 4.69) is 37.6 Å². The Bertz CT molecular complexity index is 443. The largest absolute Gasteiger partial charge is 0.328 e. The number of hydrogen-bond acceptors (Lipinski definition) is 2. The van der Waals surface area contributed by atoms with Crippen molar-refractivity contribution in [1.82, 2.24) is 14.9 Å². The van der Waals surface area contributed by atoms with Crippen LogP contribution in [0.15, 0.2) is 0 Å². The average Bonchev–Trinajstić information content (AvgIpc) is 2.75. The molecule has 2 heterocycles. The number of rotatable bonds is 2. The van der Waals surface area contributed by atoms with Crippen LogP contribution in [0, 0.1) is 5.41 Å². The van der Waals surface area contributed by atoms with Crippen LogP contribution in [0.3, 0.4) is 0 Å². The summed E-state index contributed by atoms with van der Waals surface area (Å²) >= 11 is 0. The van der Waals surface area contributed by atoms with Crippen molar-refractivity contribution in [2.75, 3.05) is 6.54 Å². The molecule has 1 fully saturated rings. The van der Waals surface area contributed by atoms with Crippen molar-refractivity contribution in [3.63, 3.8) is 0 Å². The van der Waals surface area contributed by atoms with Crippen LogP contribution < -0.4 is 5.32 Å². The summed E-state index contributed by atoms with van der Waals surface area (Å²) in [6.07, 6.45) is 2.45. The highest BCUT2D eigenvalue weighted by Gasteiger charge is 2.49. The molecule has 1 aromatic rings. The van der Waals surface area contributed by atoms with E-state index in [-0.39, 0.29) is 0 Å². The Labute approximate surface area is 104 Å². The third-order valence-corrected chi connectivity index (χ3v) is 4.24. The molecule has 94 valence electrons. The minimum atomic E-state index is 0.475. The Morgan fingerprint density at radius 2 is 2.12 bits per heavy atom. The van der Waals surface area contributed by atoms with Crippen LogP contribution in [-0.4, -0.2) is 16.1 Å². The Morgan fingerprint density at radius 3 is 2.71 bits per heavy atom. The first-order chi connectivity index (χ1) is 8.00. The molecular weight excluding hydrogens is 210 g/mol. The van der Waals surface area contributed by atoms with Gasteiger partial charge >= 0.3 is 0 Å². The first-order valence-electron chi connectivity index (χ1n) is 6.81. The van der Waals surface area contributed by atoms with E-state index in [1.54, 1.807) is 0 Å². The Balaban J connectivity index is 2.07. The normalized spacial score (nSPS) is 26.1. The summed E-state index contributed by atoms with van der Waals surface area (Å²) in [6, 6.07) is 0.689. The Morgan fingerprint density at radius 1 is 1.41 bits per heavy atom. The standard InChI is InChI=1S/C14H23N3/c1-9(2)13-16-10-8-15-6-5-11(10)17(13)12-7-14(12,3)4/h9,12,15H,5-8H2,1-4H3. The van der Waals surface area contributed by atoms with Gasteiger partial charge in [-0.15, -0.1) is 0 Å². The summed E-state index contributed by atoms with van der Waals surface area (Å²) in [5.41, 5.74) is 3.27. The van der Waals surface area contributed by atoms with Crippen molar-refractivity contribution >= 4 is 0 Å². The molecule has 3 nitrogen and oxygen atoms in total. The Hall–Kier alpha value is -0.830. The number of nitrogens with zero attached hydrogens (tertiary/aromatic N) is 2. The van der Waals surface area contributed by atoms with Gasteiger partial charge in [0.05, 0.1) is 5.69 Å². The molecule has 1 saturated carbocycles. The number of nitrogens with one attached hydrogen (secondary N) is 1. The first kappa shape index (κ1) is 11.3. The molecule has 0 saturated heterocycles. The van der Waals surface area contributed by atoms with Crippen LogP contribution in [0.25, 0.3) is 0 Å². The monoisotopic (exact) mass is 233 g/mol. The van der Waals surface area contributed by atoms with Gasteiger partial charge in [-0.1, -0.05) is 27.7 Å². The molecule has 3 rings (SSSR count). The average molecular weight is 233 g/mol. The van der Waals surface area contributed by atoms with Gasteiger partial charge in [0.1, 0.15) is 5.82 Å². The fourth-order valence-electron chi connectivity index (χ4n) is 2.99. The molecule has 0 spiro atoms. The molecule has 2 aliphatic rings. The fraction of sp³-hybridized carbons (Fsp3) is 0.786. The first-order valence-corrected chi connectivity index (χ1v) is 6.81. The van der Waals surface area contributed by atoms with Crippen LogP contribution >= 0.6 is 0 Å². The number of imidazole rings is 1. The quantitative estimate of drug-likeness (QED) is 0.851. The SMILES string of the molecule is CC(C)c1nc2c(n1C1CC1(C)C)CCNC2. The van der Waals surface area contributed by atoms with Gasteiger partial charge < -0.3 is 9.88 Å². The molecule has 1 aliphatic heterocycles. The van der Waals surface area contributed by atoms with Gasteiger partial charge in [-0.2, -0.15) is 0 Å². The third kappa shape index (κ3) is 1.71. The van der Waals surface area contributed by atoms with Gasteiger partial charge in [-0.25, -0.2) is 4.98 Å². The lowest BCUT2D eigenvalue weighted by atomic mass is 10.1. The maximum absolute atomic E-state index is 4.88. The molecule has 0 aromatic carbocycles. The summed E-state index contributed by atoms with van der Waals surface area (Å²) in [5, 5.41) is 3.42. The lowest BCUT2D eigenvalue weighted by Crippen LogP contribution is -2.25. The summed E-state index contributed by atoms with van der Waals surface area (Å²) < 4.78 is 2.57. The van der Waals surface area contributed by atoms with E-state index in [9.17, 15) is 0 Å². The number of hydrogen-bond donors (Lipinski definition) is 1.